The molecule has 0 aromatic heterocycles. The molecule has 0 saturated carbocycles. The molecule has 2 rings (SSSR count). The van der Waals surface area contributed by atoms with Crippen molar-refractivity contribution < 1.29 is 33.4 Å². The lowest BCUT2D eigenvalue weighted by Gasteiger charge is -2.13. The molecule has 2 aliphatic heterocycles. The van der Waals surface area contributed by atoms with Gasteiger partial charge in [0, 0.05) is 68.8 Å². The molecule has 0 aromatic carbocycles. The van der Waals surface area contributed by atoms with Crippen LogP contribution >= 0.6 is 21.6 Å². The quantitative estimate of drug-likeness (QED) is 0.117. The van der Waals surface area contributed by atoms with Crippen LogP contribution in [0.5, 0.6) is 0 Å². The number of hydrogen-bond acceptors (Lipinski definition) is 9. The first kappa shape index (κ1) is 31.6. The zero-order valence-corrected chi connectivity index (χ0v) is 23.2. The fourth-order valence-electron chi connectivity index (χ4n) is 3.61. The van der Waals surface area contributed by atoms with Gasteiger partial charge in [0.1, 0.15) is 0 Å². The van der Waals surface area contributed by atoms with E-state index in [1.807, 2.05) is 21.6 Å². The number of hydrogen-bond donors (Lipinski definition) is 2. The van der Waals surface area contributed by atoms with Crippen LogP contribution in [0.25, 0.3) is 0 Å². The van der Waals surface area contributed by atoms with Gasteiger partial charge in [-0.1, -0.05) is 28.0 Å². The fourth-order valence-corrected chi connectivity index (χ4v) is 6.64. The molecule has 2 heterocycles. The van der Waals surface area contributed by atoms with E-state index in [4.69, 9.17) is 14.2 Å². The summed E-state index contributed by atoms with van der Waals surface area (Å²) in [5.74, 6) is 0.426. The molecule has 1 fully saturated rings. The maximum absolute atomic E-state index is 11.8. The molecule has 0 aromatic rings. The average Bonchev–Trinajstić information content (AvgIpc) is 3.52. The second-order valence-corrected chi connectivity index (χ2v) is 11.5. The van der Waals surface area contributed by atoms with Crippen LogP contribution in [0.3, 0.4) is 0 Å². The van der Waals surface area contributed by atoms with E-state index in [1.165, 1.54) is 30.7 Å². The fraction of sp³-hybridized carbons (Fsp3) is 0.760. The molecule has 0 bridgehead atoms. The van der Waals surface area contributed by atoms with Crippen LogP contribution in [0.2, 0.25) is 0 Å². The minimum Gasteiger partial charge on any atom is -0.379 e. The Hall–Kier alpha value is -1.60. The first-order valence-corrected chi connectivity index (χ1v) is 15.5. The third kappa shape index (κ3) is 15.4. The van der Waals surface area contributed by atoms with Gasteiger partial charge in [0.25, 0.3) is 11.8 Å². The van der Waals surface area contributed by atoms with Crippen LogP contribution in [-0.4, -0.2) is 98.8 Å². The zero-order chi connectivity index (χ0) is 26.6. The number of carbonyl (C=O) groups excluding carboxylic acids is 4. The van der Waals surface area contributed by atoms with Gasteiger partial charge in [-0.05, 0) is 32.1 Å². The molecule has 4 amide bonds. The summed E-state index contributed by atoms with van der Waals surface area (Å²) in [5, 5.41) is 6.48. The molecule has 0 aliphatic carbocycles. The van der Waals surface area contributed by atoms with E-state index in [2.05, 4.69) is 10.6 Å². The number of carbonyl (C=O) groups is 4. The minimum absolute atomic E-state index is 0.0871. The standard InChI is InChI=1S/C25H41N3O7S2/c29-22(6-2-1-5-21-10-20-36-37-21)26-11-3-14-33-16-18-35-19-17-34-15-4-12-27-23(30)9-13-28-24(31)7-8-25(28)32/h7-8,21H,1-6,9-20H2,(H,26,29)(H,27,30)/t21-/m0/s1. The predicted octanol–water partition coefficient (Wildman–Crippen LogP) is 2.08. The van der Waals surface area contributed by atoms with Crippen LogP contribution in [0.15, 0.2) is 12.2 Å². The maximum atomic E-state index is 11.8. The molecule has 210 valence electrons. The van der Waals surface area contributed by atoms with Gasteiger partial charge in [-0.15, -0.1) is 0 Å². The lowest BCUT2D eigenvalue weighted by Crippen LogP contribution is -2.35. The maximum Gasteiger partial charge on any atom is 0.253 e. The van der Waals surface area contributed by atoms with Gasteiger partial charge in [-0.3, -0.25) is 24.1 Å². The highest BCUT2D eigenvalue weighted by molar-refractivity contribution is 8.77. The second kappa shape index (κ2) is 20.4. The Morgan fingerprint density at radius 3 is 1.95 bits per heavy atom. The van der Waals surface area contributed by atoms with Crippen LogP contribution in [0.4, 0.5) is 0 Å². The monoisotopic (exact) mass is 559 g/mol. The average molecular weight is 560 g/mol. The molecule has 0 unspecified atom stereocenters. The summed E-state index contributed by atoms with van der Waals surface area (Å²) in [5.41, 5.74) is 0. The molecule has 0 spiro atoms. The van der Waals surface area contributed by atoms with Crippen molar-refractivity contribution in [2.45, 2.75) is 56.6 Å². The van der Waals surface area contributed by atoms with E-state index in [-0.39, 0.29) is 36.6 Å². The third-order valence-corrected chi connectivity index (χ3v) is 8.70. The number of amides is 4. The highest BCUT2D eigenvalue weighted by Crippen LogP contribution is 2.39. The second-order valence-electron chi connectivity index (χ2n) is 8.73. The molecule has 10 nitrogen and oxygen atoms in total. The number of nitrogens with zero attached hydrogens (tertiary/aromatic N) is 1. The Labute approximate surface area is 227 Å². The molecule has 2 aliphatic rings. The van der Waals surface area contributed by atoms with Crippen molar-refractivity contribution in [3.8, 4) is 0 Å². The molecule has 12 heteroatoms. The van der Waals surface area contributed by atoms with Crippen LogP contribution < -0.4 is 10.6 Å². The Bertz CT molecular complexity index is 715. The summed E-state index contributed by atoms with van der Waals surface area (Å²) < 4.78 is 16.4. The SMILES string of the molecule is O=C(CCCC[C@H]1CCSS1)NCCCOCCOCCOCCCNC(=O)CCN1C(=O)C=CC1=O. The summed E-state index contributed by atoms with van der Waals surface area (Å²) in [6, 6.07) is 0. The van der Waals surface area contributed by atoms with Gasteiger partial charge in [-0.2, -0.15) is 0 Å². The van der Waals surface area contributed by atoms with E-state index in [1.54, 1.807) is 0 Å². The zero-order valence-electron chi connectivity index (χ0n) is 21.6. The lowest BCUT2D eigenvalue weighted by molar-refractivity contribution is -0.137. The molecule has 1 saturated heterocycles. The van der Waals surface area contributed by atoms with Crippen molar-refractivity contribution >= 4 is 45.2 Å². The van der Waals surface area contributed by atoms with Crippen LogP contribution in [0.1, 0.15) is 51.4 Å². The van der Waals surface area contributed by atoms with Gasteiger partial charge in [0.15, 0.2) is 0 Å². The predicted molar refractivity (Wildman–Crippen MR) is 145 cm³/mol. The number of nitrogens with one attached hydrogen (secondary N) is 2. The van der Waals surface area contributed by atoms with E-state index in [0.29, 0.717) is 65.6 Å². The summed E-state index contributed by atoms with van der Waals surface area (Å²) >= 11 is 0. The largest absolute Gasteiger partial charge is 0.379 e. The Morgan fingerprint density at radius 1 is 0.811 bits per heavy atom. The van der Waals surface area contributed by atoms with Crippen molar-refractivity contribution in [1.29, 1.82) is 0 Å². The van der Waals surface area contributed by atoms with E-state index in [9.17, 15) is 19.2 Å². The summed E-state index contributed by atoms with van der Waals surface area (Å²) in [7, 11) is 3.96. The molecule has 2 N–H and O–H groups in total. The van der Waals surface area contributed by atoms with Crippen molar-refractivity contribution in [1.82, 2.24) is 15.5 Å². The van der Waals surface area contributed by atoms with E-state index >= 15 is 0 Å². The van der Waals surface area contributed by atoms with E-state index in [0.717, 1.165) is 29.4 Å². The third-order valence-electron chi connectivity index (χ3n) is 5.69. The number of unbranched alkanes of at least 4 members (excludes halogenated alkanes) is 1. The van der Waals surface area contributed by atoms with Crippen molar-refractivity contribution in [3.63, 3.8) is 0 Å². The van der Waals surface area contributed by atoms with Gasteiger partial charge in [0.2, 0.25) is 11.8 Å². The normalized spacial score (nSPS) is 17.1. The summed E-state index contributed by atoms with van der Waals surface area (Å²) in [6.07, 6.45) is 9.18. The van der Waals surface area contributed by atoms with Gasteiger partial charge in [-0.25, -0.2) is 0 Å². The van der Waals surface area contributed by atoms with Crippen molar-refractivity contribution in [2.75, 3.05) is 65.0 Å². The molecular weight excluding hydrogens is 518 g/mol. The van der Waals surface area contributed by atoms with E-state index < -0.39 is 0 Å². The molecular formula is C25H41N3O7S2. The number of ether oxygens (including phenoxy) is 3. The molecule has 37 heavy (non-hydrogen) atoms. The Morgan fingerprint density at radius 2 is 1.38 bits per heavy atom. The van der Waals surface area contributed by atoms with Crippen molar-refractivity contribution in [2.24, 2.45) is 0 Å². The number of imide groups is 1. The van der Waals surface area contributed by atoms with Gasteiger partial charge >= 0.3 is 0 Å². The number of rotatable bonds is 22. The van der Waals surface area contributed by atoms with Gasteiger partial charge < -0.3 is 24.8 Å². The minimum atomic E-state index is -0.380. The highest BCUT2D eigenvalue weighted by Gasteiger charge is 2.23. The Kier molecular flexibility index (Phi) is 17.4. The van der Waals surface area contributed by atoms with Crippen LogP contribution in [-0.2, 0) is 33.4 Å². The summed E-state index contributed by atoms with van der Waals surface area (Å²) in [6.45, 7) is 4.20. The summed E-state index contributed by atoms with van der Waals surface area (Å²) in [4.78, 5) is 47.5. The van der Waals surface area contributed by atoms with Crippen molar-refractivity contribution in [3.05, 3.63) is 12.2 Å². The first-order valence-electron chi connectivity index (χ1n) is 13.1. The molecule has 1 atom stereocenters. The lowest BCUT2D eigenvalue weighted by atomic mass is 10.1. The smallest absolute Gasteiger partial charge is 0.253 e. The first-order chi connectivity index (χ1) is 18.1. The van der Waals surface area contributed by atoms with Crippen LogP contribution in [0, 0.1) is 0 Å². The molecule has 0 radical (unpaired) electrons. The highest BCUT2D eigenvalue weighted by atomic mass is 33.1. The topological polar surface area (TPSA) is 123 Å². The Balaban J connectivity index is 1.24. The van der Waals surface area contributed by atoms with Gasteiger partial charge in [0.05, 0.1) is 26.4 Å².